The summed E-state index contributed by atoms with van der Waals surface area (Å²) in [6.07, 6.45) is 2.84. The van der Waals surface area contributed by atoms with Crippen molar-refractivity contribution >= 4 is 33.9 Å². The van der Waals surface area contributed by atoms with Crippen LogP contribution >= 0.6 is 15.9 Å². The monoisotopic (exact) mass is 383 g/mol. The van der Waals surface area contributed by atoms with Crippen molar-refractivity contribution in [1.82, 2.24) is 15.1 Å². The van der Waals surface area contributed by atoms with E-state index in [0.29, 0.717) is 38.3 Å². The number of carbonyl (C=O) groups excluding carboxylic acids is 2. The van der Waals surface area contributed by atoms with Crippen molar-refractivity contribution < 1.29 is 14.0 Å². The van der Waals surface area contributed by atoms with Crippen molar-refractivity contribution in [3.8, 4) is 0 Å². The quantitative estimate of drug-likeness (QED) is 0.815. The van der Waals surface area contributed by atoms with Crippen LogP contribution in [0.25, 0.3) is 6.08 Å². The van der Waals surface area contributed by atoms with Crippen LogP contribution in [0.4, 0.5) is 9.18 Å². The Kier molecular flexibility index (Phi) is 6.15. The van der Waals surface area contributed by atoms with E-state index in [-0.39, 0.29) is 17.8 Å². The smallest absolute Gasteiger partial charge is 0.317 e. The highest BCUT2D eigenvalue weighted by Crippen LogP contribution is 2.17. The molecule has 1 N–H and O–H groups in total. The van der Waals surface area contributed by atoms with E-state index >= 15 is 0 Å². The normalized spacial score (nSPS) is 15.1. The predicted octanol–water partition coefficient (Wildman–Crippen LogP) is 2.48. The van der Waals surface area contributed by atoms with Crippen LogP contribution in [0.5, 0.6) is 0 Å². The third kappa shape index (κ3) is 4.79. The molecule has 0 aromatic heterocycles. The minimum Gasteiger partial charge on any atom is -0.338 e. The fraction of sp³-hybridized carbons (Fsp3) is 0.375. The molecule has 0 atom stereocenters. The molecule has 1 aromatic rings. The summed E-state index contributed by atoms with van der Waals surface area (Å²) in [5.41, 5.74) is 0.355. The zero-order valence-electron chi connectivity index (χ0n) is 12.9. The van der Waals surface area contributed by atoms with Crippen molar-refractivity contribution in [2.75, 3.05) is 32.7 Å². The summed E-state index contributed by atoms with van der Waals surface area (Å²) in [6.45, 7) is 4.39. The molecule has 1 aliphatic rings. The summed E-state index contributed by atoms with van der Waals surface area (Å²) in [6, 6.07) is 4.46. The molecule has 1 saturated heterocycles. The minimum atomic E-state index is -0.377. The van der Waals surface area contributed by atoms with Crippen molar-refractivity contribution in [2.24, 2.45) is 0 Å². The topological polar surface area (TPSA) is 52.7 Å². The van der Waals surface area contributed by atoms with Gasteiger partial charge in [-0.2, -0.15) is 0 Å². The van der Waals surface area contributed by atoms with Crippen LogP contribution < -0.4 is 5.32 Å². The number of hydrogen-bond acceptors (Lipinski definition) is 2. The van der Waals surface area contributed by atoms with E-state index in [4.69, 9.17) is 0 Å². The average Bonchev–Trinajstić information content (AvgIpc) is 2.55. The molecule has 1 aromatic carbocycles. The Morgan fingerprint density at radius 1 is 1.26 bits per heavy atom. The molecule has 7 heteroatoms. The largest absolute Gasteiger partial charge is 0.338 e. The second-order valence-corrected chi connectivity index (χ2v) is 6.06. The molecule has 124 valence electrons. The highest BCUT2D eigenvalue weighted by atomic mass is 79.9. The summed E-state index contributed by atoms with van der Waals surface area (Å²) < 4.78 is 14.4. The Balaban J connectivity index is 1.91. The first-order chi connectivity index (χ1) is 11.0. The molecule has 23 heavy (non-hydrogen) atoms. The van der Waals surface area contributed by atoms with E-state index in [0.717, 1.165) is 4.47 Å². The maximum absolute atomic E-state index is 13.6. The van der Waals surface area contributed by atoms with E-state index in [9.17, 15) is 14.0 Å². The third-order valence-electron chi connectivity index (χ3n) is 3.57. The van der Waals surface area contributed by atoms with Gasteiger partial charge in [0.25, 0.3) is 0 Å². The second-order valence-electron chi connectivity index (χ2n) is 5.15. The van der Waals surface area contributed by atoms with Gasteiger partial charge in [0.1, 0.15) is 5.82 Å². The number of carbonyl (C=O) groups is 2. The van der Waals surface area contributed by atoms with Gasteiger partial charge < -0.3 is 15.1 Å². The van der Waals surface area contributed by atoms with Crippen LogP contribution in [0.1, 0.15) is 12.5 Å². The van der Waals surface area contributed by atoms with Crippen LogP contribution in [0.2, 0.25) is 0 Å². The van der Waals surface area contributed by atoms with E-state index in [1.54, 1.807) is 21.9 Å². The molecule has 0 spiro atoms. The third-order valence-corrected chi connectivity index (χ3v) is 4.06. The number of urea groups is 1. The molecule has 0 unspecified atom stereocenters. The molecule has 0 bridgehead atoms. The molecule has 1 fully saturated rings. The number of benzene rings is 1. The van der Waals surface area contributed by atoms with Gasteiger partial charge in [0, 0.05) is 48.8 Å². The second kappa shape index (κ2) is 8.10. The number of halogens is 2. The summed E-state index contributed by atoms with van der Waals surface area (Å²) in [4.78, 5) is 27.2. The van der Waals surface area contributed by atoms with Gasteiger partial charge in [0.15, 0.2) is 0 Å². The standard InChI is InChI=1S/C16H19BrFN3O2/c1-2-19-16(23)21-9-7-20(8-10-21)15(22)6-3-12-11-13(17)4-5-14(12)18/h3-6,11H,2,7-10H2,1H3,(H,19,23)/b6-3+. The maximum atomic E-state index is 13.6. The summed E-state index contributed by atoms with van der Waals surface area (Å²) in [5.74, 6) is -0.557. The van der Waals surface area contributed by atoms with Crippen LogP contribution in [-0.4, -0.2) is 54.5 Å². The van der Waals surface area contributed by atoms with Crippen LogP contribution in [0.3, 0.4) is 0 Å². The highest BCUT2D eigenvalue weighted by Gasteiger charge is 2.22. The molecular weight excluding hydrogens is 365 g/mol. The molecule has 3 amide bonds. The fourth-order valence-electron chi connectivity index (χ4n) is 2.30. The number of amides is 3. The minimum absolute atomic E-state index is 0.105. The number of hydrogen-bond donors (Lipinski definition) is 1. The van der Waals surface area contributed by atoms with Crippen molar-refractivity contribution in [1.29, 1.82) is 0 Å². The van der Waals surface area contributed by atoms with Gasteiger partial charge in [-0.25, -0.2) is 9.18 Å². The van der Waals surface area contributed by atoms with Crippen molar-refractivity contribution in [3.05, 3.63) is 40.1 Å². The SMILES string of the molecule is CCNC(=O)N1CCN(C(=O)/C=C/c2cc(Br)ccc2F)CC1. The Hall–Kier alpha value is -1.89. The summed E-state index contributed by atoms with van der Waals surface area (Å²) in [5, 5.41) is 2.74. The van der Waals surface area contributed by atoms with Crippen molar-refractivity contribution in [3.63, 3.8) is 0 Å². The molecular formula is C16H19BrFN3O2. The first kappa shape index (κ1) is 17.5. The lowest BCUT2D eigenvalue weighted by atomic mass is 10.2. The van der Waals surface area contributed by atoms with E-state index < -0.39 is 0 Å². The highest BCUT2D eigenvalue weighted by molar-refractivity contribution is 9.10. The molecule has 0 aliphatic carbocycles. The van der Waals surface area contributed by atoms with Crippen LogP contribution in [0, 0.1) is 5.82 Å². The van der Waals surface area contributed by atoms with Gasteiger partial charge in [-0.1, -0.05) is 15.9 Å². The first-order valence-electron chi connectivity index (χ1n) is 7.46. The number of nitrogens with zero attached hydrogens (tertiary/aromatic N) is 2. The number of piperazine rings is 1. The zero-order chi connectivity index (χ0) is 16.8. The van der Waals surface area contributed by atoms with Gasteiger partial charge in [0.05, 0.1) is 0 Å². The Bertz CT molecular complexity index is 613. The van der Waals surface area contributed by atoms with E-state index in [1.165, 1.54) is 18.2 Å². The lowest BCUT2D eigenvalue weighted by Crippen LogP contribution is -2.52. The molecule has 1 heterocycles. The Morgan fingerprint density at radius 2 is 1.91 bits per heavy atom. The predicted molar refractivity (Wildman–Crippen MR) is 90.4 cm³/mol. The molecule has 2 rings (SSSR count). The Labute approximate surface area is 143 Å². The molecule has 1 aliphatic heterocycles. The van der Waals surface area contributed by atoms with Gasteiger partial charge in [-0.15, -0.1) is 0 Å². The summed E-state index contributed by atoms with van der Waals surface area (Å²) in [7, 11) is 0. The number of rotatable bonds is 3. The van der Waals surface area contributed by atoms with Crippen LogP contribution in [0.15, 0.2) is 28.7 Å². The van der Waals surface area contributed by atoms with E-state index in [2.05, 4.69) is 21.2 Å². The van der Waals surface area contributed by atoms with Crippen molar-refractivity contribution in [2.45, 2.75) is 6.92 Å². The van der Waals surface area contributed by atoms with Gasteiger partial charge >= 0.3 is 6.03 Å². The van der Waals surface area contributed by atoms with Gasteiger partial charge in [-0.3, -0.25) is 4.79 Å². The van der Waals surface area contributed by atoms with E-state index in [1.807, 2.05) is 6.92 Å². The number of nitrogens with one attached hydrogen (secondary N) is 1. The lowest BCUT2D eigenvalue weighted by molar-refractivity contribution is -0.127. The van der Waals surface area contributed by atoms with Gasteiger partial charge in [-0.05, 0) is 31.2 Å². The zero-order valence-corrected chi connectivity index (χ0v) is 14.5. The Morgan fingerprint density at radius 3 is 2.57 bits per heavy atom. The summed E-state index contributed by atoms with van der Waals surface area (Å²) >= 11 is 3.27. The fourth-order valence-corrected chi connectivity index (χ4v) is 2.68. The molecule has 0 saturated carbocycles. The lowest BCUT2D eigenvalue weighted by Gasteiger charge is -2.34. The van der Waals surface area contributed by atoms with Gasteiger partial charge in [0.2, 0.25) is 5.91 Å². The first-order valence-corrected chi connectivity index (χ1v) is 8.25. The van der Waals surface area contributed by atoms with Crippen LogP contribution in [-0.2, 0) is 4.79 Å². The maximum Gasteiger partial charge on any atom is 0.317 e. The molecule has 5 nitrogen and oxygen atoms in total. The molecule has 0 radical (unpaired) electrons. The average molecular weight is 384 g/mol.